The van der Waals surface area contributed by atoms with E-state index in [1.807, 2.05) is 6.26 Å². The second-order valence-electron chi connectivity index (χ2n) is 6.31. The first kappa shape index (κ1) is 14.9. The highest BCUT2D eigenvalue weighted by Gasteiger charge is 2.35. The number of hydrogen-bond acceptors (Lipinski definition) is 4. The summed E-state index contributed by atoms with van der Waals surface area (Å²) in [4.78, 5) is 0. The largest absolute Gasteiger partial charge is 0.469 e. The summed E-state index contributed by atoms with van der Waals surface area (Å²) >= 11 is 1.71. The summed E-state index contributed by atoms with van der Waals surface area (Å²) in [6, 6.07) is 2.69. The minimum Gasteiger partial charge on any atom is -0.469 e. The van der Waals surface area contributed by atoms with E-state index < -0.39 is 0 Å². The minimum atomic E-state index is 0.212. The molecule has 0 bridgehead atoms. The van der Waals surface area contributed by atoms with E-state index in [-0.39, 0.29) is 23.3 Å². The molecule has 0 aliphatic heterocycles. The molecule has 2 N–H and O–H groups in total. The maximum absolute atomic E-state index is 9.40. The Morgan fingerprint density at radius 2 is 2.32 bits per heavy atom. The molecular weight excluding hydrogens is 258 g/mol. The highest BCUT2D eigenvalue weighted by molar-refractivity contribution is 7.99. The number of rotatable bonds is 5. The number of hydrogen-bond donors (Lipinski definition) is 2. The van der Waals surface area contributed by atoms with Crippen LogP contribution in [0.5, 0.6) is 0 Å². The third-order valence-electron chi connectivity index (χ3n) is 4.06. The second kappa shape index (κ2) is 5.90. The topological polar surface area (TPSA) is 45.4 Å². The van der Waals surface area contributed by atoms with Crippen LogP contribution in [0, 0.1) is 5.41 Å². The summed E-state index contributed by atoms with van der Waals surface area (Å²) in [5.74, 6) is 1.12. The quantitative estimate of drug-likeness (QED) is 0.872. The molecule has 1 heterocycles. The predicted molar refractivity (Wildman–Crippen MR) is 80.5 cm³/mol. The molecule has 3 nitrogen and oxygen atoms in total. The van der Waals surface area contributed by atoms with Crippen molar-refractivity contribution in [3.05, 3.63) is 23.7 Å². The number of fused-ring (bicyclic) bond motifs is 1. The van der Waals surface area contributed by atoms with Gasteiger partial charge >= 0.3 is 0 Å². The minimum absolute atomic E-state index is 0.212. The first-order chi connectivity index (χ1) is 8.96. The van der Waals surface area contributed by atoms with Crippen LogP contribution in [0.3, 0.4) is 0 Å². The Morgan fingerprint density at radius 3 is 2.95 bits per heavy atom. The van der Waals surface area contributed by atoms with Gasteiger partial charge in [0, 0.05) is 29.3 Å². The van der Waals surface area contributed by atoms with Crippen LogP contribution in [0.15, 0.2) is 16.7 Å². The highest BCUT2D eigenvalue weighted by atomic mass is 32.2. The highest BCUT2D eigenvalue weighted by Crippen LogP contribution is 2.41. The standard InChI is InChI=1S/C15H25NO2S/c1-10(14(9-17)19-4)16-12-7-15(2,3)8-13-11(12)5-6-18-13/h5-6,10,12,14,16-17H,7-9H2,1-4H3. The van der Waals surface area contributed by atoms with E-state index in [1.165, 1.54) is 5.56 Å². The summed E-state index contributed by atoms with van der Waals surface area (Å²) in [7, 11) is 0. The number of aliphatic hydroxyl groups excluding tert-OH is 1. The molecule has 3 unspecified atom stereocenters. The van der Waals surface area contributed by atoms with Crippen molar-refractivity contribution >= 4 is 11.8 Å². The van der Waals surface area contributed by atoms with E-state index in [1.54, 1.807) is 18.0 Å². The van der Waals surface area contributed by atoms with Crippen LogP contribution in [-0.2, 0) is 6.42 Å². The number of furan rings is 1. The van der Waals surface area contributed by atoms with Gasteiger partial charge in [0.25, 0.3) is 0 Å². The van der Waals surface area contributed by atoms with Gasteiger partial charge in [-0.15, -0.1) is 0 Å². The van der Waals surface area contributed by atoms with Gasteiger partial charge in [-0.25, -0.2) is 0 Å². The van der Waals surface area contributed by atoms with Crippen LogP contribution in [-0.4, -0.2) is 29.3 Å². The summed E-state index contributed by atoms with van der Waals surface area (Å²) in [5, 5.41) is 13.3. The molecule has 0 saturated heterocycles. The van der Waals surface area contributed by atoms with Gasteiger partial charge in [-0.1, -0.05) is 13.8 Å². The Labute approximate surface area is 120 Å². The molecule has 4 heteroatoms. The van der Waals surface area contributed by atoms with Gasteiger partial charge in [-0.05, 0) is 31.1 Å². The fraction of sp³-hybridized carbons (Fsp3) is 0.733. The first-order valence-corrected chi connectivity index (χ1v) is 8.21. The van der Waals surface area contributed by atoms with Gasteiger partial charge in [-0.3, -0.25) is 0 Å². The zero-order valence-corrected chi connectivity index (χ0v) is 13.1. The fourth-order valence-corrected chi connectivity index (χ4v) is 3.62. The molecule has 3 atom stereocenters. The van der Waals surface area contributed by atoms with Crippen molar-refractivity contribution in [3.63, 3.8) is 0 Å². The molecule has 2 rings (SSSR count). The van der Waals surface area contributed by atoms with Gasteiger partial charge in [0.1, 0.15) is 5.76 Å². The molecule has 1 aliphatic rings. The van der Waals surface area contributed by atoms with Crippen LogP contribution in [0.2, 0.25) is 0 Å². The average Bonchev–Trinajstić information content (AvgIpc) is 2.76. The SMILES string of the molecule is CSC(CO)C(C)NC1CC(C)(C)Cc2occc21. The van der Waals surface area contributed by atoms with Crippen LogP contribution in [0.4, 0.5) is 0 Å². The van der Waals surface area contributed by atoms with Crippen LogP contribution < -0.4 is 5.32 Å². The number of nitrogens with one attached hydrogen (secondary N) is 1. The van der Waals surface area contributed by atoms with Crippen molar-refractivity contribution in [1.82, 2.24) is 5.32 Å². The molecule has 0 saturated carbocycles. The van der Waals surface area contributed by atoms with Gasteiger partial charge in [0.05, 0.1) is 12.9 Å². The maximum atomic E-state index is 9.40. The third-order valence-corrected chi connectivity index (χ3v) is 5.22. The zero-order chi connectivity index (χ0) is 14.0. The van der Waals surface area contributed by atoms with E-state index in [0.29, 0.717) is 6.04 Å². The van der Waals surface area contributed by atoms with Gasteiger partial charge in [0.15, 0.2) is 0 Å². The summed E-state index contributed by atoms with van der Waals surface area (Å²) in [6.07, 6.45) is 5.96. The lowest BCUT2D eigenvalue weighted by atomic mass is 9.74. The van der Waals surface area contributed by atoms with Gasteiger partial charge in [-0.2, -0.15) is 11.8 Å². The lowest BCUT2D eigenvalue weighted by Crippen LogP contribution is -2.42. The average molecular weight is 283 g/mol. The van der Waals surface area contributed by atoms with Crippen molar-refractivity contribution in [2.45, 2.75) is 50.9 Å². The fourth-order valence-electron chi connectivity index (χ4n) is 2.98. The van der Waals surface area contributed by atoms with E-state index in [2.05, 4.69) is 32.2 Å². The molecule has 0 radical (unpaired) electrons. The summed E-state index contributed by atoms with van der Waals surface area (Å²) in [6.45, 7) is 6.94. The Morgan fingerprint density at radius 1 is 1.58 bits per heavy atom. The normalized spacial score (nSPS) is 24.8. The Kier molecular flexibility index (Phi) is 4.64. The lowest BCUT2D eigenvalue weighted by molar-refractivity contribution is 0.216. The molecule has 0 fully saturated rings. The van der Waals surface area contributed by atoms with E-state index in [4.69, 9.17) is 4.42 Å². The molecule has 0 amide bonds. The molecule has 19 heavy (non-hydrogen) atoms. The van der Waals surface area contributed by atoms with Crippen molar-refractivity contribution in [1.29, 1.82) is 0 Å². The summed E-state index contributed by atoms with van der Waals surface area (Å²) in [5.41, 5.74) is 1.56. The van der Waals surface area contributed by atoms with Crippen LogP contribution in [0.1, 0.15) is 44.6 Å². The first-order valence-electron chi connectivity index (χ1n) is 6.93. The third kappa shape index (κ3) is 3.36. The van der Waals surface area contributed by atoms with Crippen molar-refractivity contribution < 1.29 is 9.52 Å². The smallest absolute Gasteiger partial charge is 0.109 e. The number of thioether (sulfide) groups is 1. The monoisotopic (exact) mass is 283 g/mol. The second-order valence-corrected chi connectivity index (χ2v) is 7.39. The molecule has 0 aromatic carbocycles. The van der Waals surface area contributed by atoms with Crippen LogP contribution >= 0.6 is 11.8 Å². The molecule has 1 aliphatic carbocycles. The predicted octanol–water partition coefficient (Wildman–Crippen LogP) is 3.00. The van der Waals surface area contributed by atoms with E-state index in [9.17, 15) is 5.11 Å². The van der Waals surface area contributed by atoms with Gasteiger partial charge in [0.2, 0.25) is 0 Å². The Hall–Kier alpha value is -0.450. The molecule has 1 aromatic rings. The van der Waals surface area contributed by atoms with Crippen molar-refractivity contribution in [2.24, 2.45) is 5.41 Å². The molecule has 1 aromatic heterocycles. The molecular formula is C15H25NO2S. The van der Waals surface area contributed by atoms with E-state index >= 15 is 0 Å². The zero-order valence-electron chi connectivity index (χ0n) is 12.3. The molecule has 108 valence electrons. The van der Waals surface area contributed by atoms with Gasteiger partial charge < -0.3 is 14.8 Å². The maximum Gasteiger partial charge on any atom is 0.109 e. The van der Waals surface area contributed by atoms with Crippen molar-refractivity contribution in [3.8, 4) is 0 Å². The number of aliphatic hydroxyl groups is 1. The van der Waals surface area contributed by atoms with Crippen molar-refractivity contribution in [2.75, 3.05) is 12.9 Å². The van der Waals surface area contributed by atoms with E-state index in [0.717, 1.165) is 18.6 Å². The summed E-state index contributed by atoms with van der Waals surface area (Å²) < 4.78 is 5.62. The lowest BCUT2D eigenvalue weighted by Gasteiger charge is -2.37. The Bertz CT molecular complexity index is 412. The molecule has 0 spiro atoms. The Balaban J connectivity index is 2.12. The van der Waals surface area contributed by atoms with Crippen LogP contribution in [0.25, 0.3) is 0 Å².